The van der Waals surface area contributed by atoms with Gasteiger partial charge in [0.1, 0.15) is 5.82 Å². The van der Waals surface area contributed by atoms with Crippen LogP contribution in [0.3, 0.4) is 0 Å². The number of hydrogen-bond donors (Lipinski definition) is 0. The Bertz CT molecular complexity index is 350. The minimum Gasteiger partial charge on any atom is -0.211 e. The lowest BCUT2D eigenvalue weighted by atomic mass is 9.85. The SMILES string of the molecule is CC(C)(CN=C=O)c1ccc(F)cc1. The van der Waals surface area contributed by atoms with Crippen molar-refractivity contribution in [2.75, 3.05) is 6.54 Å². The topological polar surface area (TPSA) is 29.4 Å². The van der Waals surface area contributed by atoms with E-state index in [1.165, 1.54) is 18.2 Å². The standard InChI is InChI=1S/C11H12FNO/c1-11(2,7-13-8-14)9-3-5-10(12)6-4-9/h3-6H,7H2,1-2H3. The third-order valence-electron chi connectivity index (χ3n) is 2.16. The largest absolute Gasteiger partial charge is 0.234 e. The number of rotatable bonds is 3. The number of nitrogens with zero attached hydrogens (tertiary/aromatic N) is 1. The summed E-state index contributed by atoms with van der Waals surface area (Å²) in [7, 11) is 0. The normalized spacial score (nSPS) is 10.8. The highest BCUT2D eigenvalue weighted by atomic mass is 19.1. The zero-order valence-electron chi connectivity index (χ0n) is 8.25. The third kappa shape index (κ3) is 2.51. The first-order valence-corrected chi connectivity index (χ1v) is 4.36. The molecule has 0 spiro atoms. The summed E-state index contributed by atoms with van der Waals surface area (Å²) in [5.74, 6) is -0.261. The second kappa shape index (κ2) is 4.16. The number of carbonyl (C=O) groups excluding carboxylic acids is 1. The van der Waals surface area contributed by atoms with Gasteiger partial charge >= 0.3 is 0 Å². The Hall–Kier alpha value is -1.47. The zero-order chi connectivity index (χ0) is 10.6. The molecule has 3 heteroatoms. The van der Waals surface area contributed by atoms with E-state index in [-0.39, 0.29) is 11.2 Å². The van der Waals surface area contributed by atoms with E-state index < -0.39 is 0 Å². The monoisotopic (exact) mass is 193 g/mol. The van der Waals surface area contributed by atoms with Crippen molar-refractivity contribution in [2.45, 2.75) is 19.3 Å². The van der Waals surface area contributed by atoms with Crippen molar-refractivity contribution in [3.63, 3.8) is 0 Å². The van der Waals surface area contributed by atoms with E-state index >= 15 is 0 Å². The number of halogens is 1. The van der Waals surface area contributed by atoms with Crippen molar-refractivity contribution in [3.05, 3.63) is 35.6 Å². The average molecular weight is 193 g/mol. The van der Waals surface area contributed by atoms with Crippen molar-refractivity contribution < 1.29 is 9.18 Å². The van der Waals surface area contributed by atoms with Gasteiger partial charge in [0.05, 0.1) is 6.54 Å². The van der Waals surface area contributed by atoms with Gasteiger partial charge < -0.3 is 0 Å². The summed E-state index contributed by atoms with van der Waals surface area (Å²) < 4.78 is 12.6. The van der Waals surface area contributed by atoms with E-state index in [1.807, 2.05) is 13.8 Å². The summed E-state index contributed by atoms with van der Waals surface area (Å²) in [6.45, 7) is 4.25. The van der Waals surface area contributed by atoms with E-state index in [2.05, 4.69) is 4.99 Å². The number of hydrogen-bond acceptors (Lipinski definition) is 2. The number of isocyanates is 1. The lowest BCUT2D eigenvalue weighted by Gasteiger charge is -2.21. The van der Waals surface area contributed by atoms with Gasteiger partial charge in [-0.2, -0.15) is 0 Å². The van der Waals surface area contributed by atoms with Crippen LogP contribution in [0.2, 0.25) is 0 Å². The van der Waals surface area contributed by atoms with Crippen molar-refractivity contribution in [2.24, 2.45) is 4.99 Å². The van der Waals surface area contributed by atoms with Crippen LogP contribution in [-0.4, -0.2) is 12.6 Å². The first-order chi connectivity index (χ1) is 6.56. The van der Waals surface area contributed by atoms with E-state index in [0.29, 0.717) is 6.54 Å². The molecule has 0 atom stereocenters. The summed E-state index contributed by atoms with van der Waals surface area (Å²) in [5.41, 5.74) is 0.698. The van der Waals surface area contributed by atoms with Gasteiger partial charge in [0, 0.05) is 5.41 Å². The molecule has 0 aromatic heterocycles. The van der Waals surface area contributed by atoms with Gasteiger partial charge in [-0.05, 0) is 17.7 Å². The molecule has 0 unspecified atom stereocenters. The van der Waals surface area contributed by atoms with Crippen LogP contribution in [0.1, 0.15) is 19.4 Å². The fourth-order valence-electron chi connectivity index (χ4n) is 1.22. The predicted octanol–water partition coefficient (Wildman–Crippen LogP) is 2.44. The summed E-state index contributed by atoms with van der Waals surface area (Å²) in [6, 6.07) is 6.22. The molecule has 0 saturated heterocycles. The van der Waals surface area contributed by atoms with E-state index in [9.17, 15) is 9.18 Å². The lowest BCUT2D eigenvalue weighted by molar-refractivity contribution is 0.524. The van der Waals surface area contributed by atoms with Crippen molar-refractivity contribution in [1.82, 2.24) is 0 Å². The maximum Gasteiger partial charge on any atom is 0.234 e. The molecule has 0 aliphatic heterocycles. The van der Waals surface area contributed by atoms with Crippen molar-refractivity contribution in [3.8, 4) is 0 Å². The van der Waals surface area contributed by atoms with E-state index in [1.54, 1.807) is 12.1 Å². The first-order valence-electron chi connectivity index (χ1n) is 4.36. The molecule has 74 valence electrons. The second-order valence-corrected chi connectivity index (χ2v) is 3.80. The van der Waals surface area contributed by atoms with Crippen LogP contribution < -0.4 is 0 Å². The van der Waals surface area contributed by atoms with Crippen LogP contribution in [0, 0.1) is 5.82 Å². The highest BCUT2D eigenvalue weighted by Gasteiger charge is 2.19. The Kier molecular flexibility index (Phi) is 3.15. The van der Waals surface area contributed by atoms with Gasteiger partial charge in [0.2, 0.25) is 6.08 Å². The molecule has 1 aromatic carbocycles. The molecule has 0 bridgehead atoms. The molecule has 0 amide bonds. The fraction of sp³-hybridized carbons (Fsp3) is 0.364. The molecular weight excluding hydrogens is 181 g/mol. The van der Waals surface area contributed by atoms with Crippen LogP contribution >= 0.6 is 0 Å². The molecule has 0 saturated carbocycles. The molecule has 0 radical (unpaired) electrons. The summed E-state index contributed by atoms with van der Waals surface area (Å²) in [5, 5.41) is 0. The van der Waals surface area contributed by atoms with Gasteiger partial charge in [-0.3, -0.25) is 0 Å². The average Bonchev–Trinajstić information content (AvgIpc) is 2.16. The molecular formula is C11H12FNO. The predicted molar refractivity (Wildman–Crippen MR) is 52.4 cm³/mol. The molecule has 0 fully saturated rings. The molecule has 1 aromatic rings. The minimum absolute atomic E-state index is 0.259. The van der Waals surface area contributed by atoms with Gasteiger partial charge in [0.15, 0.2) is 0 Å². The van der Waals surface area contributed by atoms with Crippen LogP contribution in [0.4, 0.5) is 4.39 Å². The lowest BCUT2D eigenvalue weighted by Crippen LogP contribution is -2.20. The summed E-state index contributed by atoms with van der Waals surface area (Å²) >= 11 is 0. The van der Waals surface area contributed by atoms with Gasteiger partial charge in [-0.1, -0.05) is 26.0 Å². The highest BCUT2D eigenvalue weighted by Crippen LogP contribution is 2.23. The summed E-state index contributed by atoms with van der Waals surface area (Å²) in [4.78, 5) is 13.5. The van der Waals surface area contributed by atoms with Gasteiger partial charge in [0.25, 0.3) is 0 Å². The first kappa shape index (κ1) is 10.6. The molecule has 0 aliphatic rings. The Morgan fingerprint density at radius 2 is 1.93 bits per heavy atom. The Morgan fingerprint density at radius 1 is 1.36 bits per heavy atom. The van der Waals surface area contributed by atoms with Crippen LogP contribution in [0.5, 0.6) is 0 Å². The molecule has 1 rings (SSSR count). The maximum absolute atomic E-state index is 12.6. The van der Waals surface area contributed by atoms with Gasteiger partial charge in [-0.15, -0.1) is 0 Å². The fourth-order valence-corrected chi connectivity index (χ4v) is 1.22. The Labute approximate surface area is 82.5 Å². The number of benzene rings is 1. The van der Waals surface area contributed by atoms with E-state index in [0.717, 1.165) is 5.56 Å². The molecule has 14 heavy (non-hydrogen) atoms. The van der Waals surface area contributed by atoms with E-state index in [4.69, 9.17) is 0 Å². The third-order valence-corrected chi connectivity index (χ3v) is 2.16. The second-order valence-electron chi connectivity index (χ2n) is 3.80. The Morgan fingerprint density at radius 3 is 2.43 bits per heavy atom. The molecule has 0 N–H and O–H groups in total. The van der Waals surface area contributed by atoms with Crippen molar-refractivity contribution in [1.29, 1.82) is 0 Å². The van der Waals surface area contributed by atoms with Gasteiger partial charge in [-0.25, -0.2) is 14.2 Å². The smallest absolute Gasteiger partial charge is 0.211 e. The van der Waals surface area contributed by atoms with Crippen LogP contribution in [0.15, 0.2) is 29.3 Å². The highest BCUT2D eigenvalue weighted by molar-refractivity contribution is 5.34. The quantitative estimate of drug-likeness (QED) is 0.535. The number of aliphatic imine (C=N–C) groups is 1. The van der Waals surface area contributed by atoms with Crippen LogP contribution in [0.25, 0.3) is 0 Å². The van der Waals surface area contributed by atoms with Crippen LogP contribution in [-0.2, 0) is 10.2 Å². The molecule has 0 aliphatic carbocycles. The van der Waals surface area contributed by atoms with Crippen molar-refractivity contribution >= 4 is 6.08 Å². The zero-order valence-corrected chi connectivity index (χ0v) is 8.25. The summed E-state index contributed by atoms with van der Waals surface area (Å²) in [6.07, 6.45) is 1.51. The minimum atomic E-state index is -0.261. The molecule has 2 nitrogen and oxygen atoms in total. The molecule has 0 heterocycles. The maximum atomic E-state index is 12.6. The Balaban J connectivity index is 2.91.